The summed E-state index contributed by atoms with van der Waals surface area (Å²) < 4.78 is 15.3. The van der Waals surface area contributed by atoms with E-state index < -0.39 is 11.6 Å². The molecule has 0 spiro atoms. The van der Waals surface area contributed by atoms with Crippen molar-refractivity contribution < 1.29 is 16.8 Å². The van der Waals surface area contributed by atoms with Gasteiger partial charge in [0.25, 0.3) is 5.91 Å². The molecule has 0 aliphatic heterocycles. The van der Waals surface area contributed by atoms with E-state index >= 15 is 4.39 Å². The highest BCUT2D eigenvalue weighted by Crippen LogP contribution is 2.35. The average Bonchev–Trinajstić information content (AvgIpc) is 3.14. The number of nitrogens with one attached hydrogen (secondary N) is 2. The fourth-order valence-electron chi connectivity index (χ4n) is 2.79. The zero-order chi connectivity index (χ0) is 19.8. The third-order valence-electron chi connectivity index (χ3n) is 4.07. The number of unbranched alkanes of at least 4 members (excludes halogenated alkanes) is 3. The minimum atomic E-state index is -2.09. The Hall–Kier alpha value is -1.83. The first-order valence-electron chi connectivity index (χ1n) is 9.99. The van der Waals surface area contributed by atoms with Gasteiger partial charge in [0.1, 0.15) is 12.0 Å². The molecule has 0 bridgehead atoms. The number of hydrogen-bond acceptors (Lipinski definition) is 5. The summed E-state index contributed by atoms with van der Waals surface area (Å²) in [6.45, 7) is 8.41. The monoisotopic (exact) mass is 391 g/mol. The molecule has 0 fully saturated rings. The standard InChI is InChI=1S/C15H23FN4O2.2C2H6.H3N.2H2/c16-15(14(22)17-10-6-1-2-7-11-21)9-5-3-4-8-12-13(15)19-20-18-12;2*1-2;;;/h11H,1-10H2,(H,17,22)(H,18,19,20);2*1-2H3;1H3;2*1H. The molecule has 1 unspecified atom stereocenters. The summed E-state index contributed by atoms with van der Waals surface area (Å²) in [4.78, 5) is 22.5. The molecule has 27 heavy (non-hydrogen) atoms. The van der Waals surface area contributed by atoms with Crippen LogP contribution in [0.15, 0.2) is 0 Å². The Morgan fingerprint density at radius 3 is 2.56 bits per heavy atom. The Morgan fingerprint density at radius 1 is 1.19 bits per heavy atom. The molecule has 7 nitrogen and oxygen atoms in total. The topological polar surface area (TPSA) is 123 Å². The molecule has 8 heteroatoms. The highest BCUT2D eigenvalue weighted by molar-refractivity contribution is 5.86. The van der Waals surface area contributed by atoms with E-state index in [0.717, 1.165) is 38.4 Å². The van der Waals surface area contributed by atoms with Gasteiger partial charge in [0.05, 0.1) is 5.69 Å². The number of rotatable bonds is 7. The molecule has 5 N–H and O–H groups in total. The van der Waals surface area contributed by atoms with Crippen LogP contribution in [0.1, 0.15) is 93.3 Å². The molecule has 1 aromatic heterocycles. The van der Waals surface area contributed by atoms with Crippen LogP contribution in [0.5, 0.6) is 0 Å². The molecule has 2 rings (SSSR count). The first-order chi connectivity index (χ1) is 12.7. The van der Waals surface area contributed by atoms with E-state index in [-0.39, 0.29) is 21.1 Å². The lowest BCUT2D eigenvalue weighted by atomic mass is 9.88. The number of halogens is 1. The Kier molecular flexibility index (Phi) is 16.6. The zero-order valence-electron chi connectivity index (χ0n) is 17.4. The number of aromatic amines is 1. The van der Waals surface area contributed by atoms with Gasteiger partial charge in [0.15, 0.2) is 0 Å². The Balaban J connectivity index is -0.000000420. The second-order valence-corrected chi connectivity index (χ2v) is 5.75. The van der Waals surface area contributed by atoms with E-state index in [1.807, 2.05) is 27.7 Å². The summed E-state index contributed by atoms with van der Waals surface area (Å²) in [5.41, 5.74) is -1.39. The second kappa shape index (κ2) is 16.4. The summed E-state index contributed by atoms with van der Waals surface area (Å²) in [7, 11) is 0. The number of alkyl halides is 1. The molecule has 1 amide bonds. The van der Waals surface area contributed by atoms with E-state index in [0.29, 0.717) is 31.5 Å². The number of aromatic nitrogens is 3. The van der Waals surface area contributed by atoms with E-state index in [4.69, 9.17) is 0 Å². The van der Waals surface area contributed by atoms with Crippen LogP contribution in [-0.4, -0.2) is 34.1 Å². The van der Waals surface area contributed by atoms with Crippen molar-refractivity contribution in [2.75, 3.05) is 6.54 Å². The number of amides is 1. The van der Waals surface area contributed by atoms with Gasteiger partial charge in [0, 0.05) is 15.8 Å². The Bertz CT molecular complexity index is 521. The number of hydrogen-bond donors (Lipinski definition) is 3. The third-order valence-corrected chi connectivity index (χ3v) is 4.07. The largest absolute Gasteiger partial charge is 0.353 e. The molecule has 0 aromatic carbocycles. The minimum absolute atomic E-state index is 0. The maximum atomic E-state index is 15.3. The van der Waals surface area contributed by atoms with Crippen LogP contribution < -0.4 is 11.5 Å². The van der Waals surface area contributed by atoms with Gasteiger partial charge in [-0.2, -0.15) is 15.4 Å². The highest BCUT2D eigenvalue weighted by Gasteiger charge is 2.44. The van der Waals surface area contributed by atoms with Gasteiger partial charge in [-0.3, -0.25) is 4.79 Å². The second-order valence-electron chi connectivity index (χ2n) is 5.75. The van der Waals surface area contributed by atoms with Crippen LogP contribution in [0, 0.1) is 0 Å². The summed E-state index contributed by atoms with van der Waals surface area (Å²) in [5.74, 6) is -0.625. The smallest absolute Gasteiger partial charge is 0.264 e. The molecular weight excluding hydrogens is 349 g/mol. The fourth-order valence-corrected chi connectivity index (χ4v) is 2.79. The number of nitrogens with zero attached hydrogens (tertiary/aromatic N) is 2. The number of aryl methyl sites for hydroxylation is 1. The third kappa shape index (κ3) is 8.60. The molecule has 0 saturated carbocycles. The molecular formula is C19H42FN5O2. The summed E-state index contributed by atoms with van der Waals surface area (Å²) in [5, 5.41) is 13.0. The van der Waals surface area contributed by atoms with Gasteiger partial charge in [-0.05, 0) is 38.5 Å². The van der Waals surface area contributed by atoms with Crippen LogP contribution >= 0.6 is 0 Å². The van der Waals surface area contributed by atoms with Gasteiger partial charge in [-0.1, -0.05) is 40.5 Å². The van der Waals surface area contributed by atoms with E-state index in [1.54, 1.807) is 0 Å². The highest BCUT2D eigenvalue weighted by atomic mass is 19.1. The first kappa shape index (κ1) is 27.4. The Labute approximate surface area is 165 Å². The van der Waals surface area contributed by atoms with Crippen molar-refractivity contribution in [3.8, 4) is 0 Å². The van der Waals surface area contributed by atoms with Crippen molar-refractivity contribution in [3.05, 3.63) is 11.4 Å². The van der Waals surface area contributed by atoms with E-state index in [9.17, 15) is 9.59 Å². The van der Waals surface area contributed by atoms with Crippen molar-refractivity contribution in [3.63, 3.8) is 0 Å². The first-order valence-corrected chi connectivity index (χ1v) is 9.99. The molecule has 162 valence electrons. The van der Waals surface area contributed by atoms with Crippen molar-refractivity contribution in [1.82, 2.24) is 26.9 Å². The van der Waals surface area contributed by atoms with Gasteiger partial charge >= 0.3 is 0 Å². The maximum absolute atomic E-state index is 15.3. The van der Waals surface area contributed by atoms with Gasteiger partial charge in [-0.15, -0.1) is 0 Å². The van der Waals surface area contributed by atoms with Crippen molar-refractivity contribution >= 4 is 12.2 Å². The molecule has 1 aromatic rings. The minimum Gasteiger partial charge on any atom is -0.353 e. The van der Waals surface area contributed by atoms with Crippen LogP contribution in [-0.2, 0) is 21.7 Å². The van der Waals surface area contributed by atoms with Crippen molar-refractivity contribution in [2.24, 2.45) is 0 Å². The predicted molar refractivity (Wildman–Crippen MR) is 111 cm³/mol. The molecule has 1 aliphatic rings. The molecule has 0 radical (unpaired) electrons. The van der Waals surface area contributed by atoms with Crippen LogP contribution in [0.3, 0.4) is 0 Å². The lowest BCUT2D eigenvalue weighted by Gasteiger charge is -2.24. The number of carbonyl (C=O) groups excluding carboxylic acids is 2. The lowest BCUT2D eigenvalue weighted by Crippen LogP contribution is -2.43. The molecule has 1 heterocycles. The number of fused-ring (bicyclic) bond motifs is 1. The van der Waals surface area contributed by atoms with E-state index in [2.05, 4.69) is 20.7 Å². The van der Waals surface area contributed by atoms with Crippen LogP contribution in [0.25, 0.3) is 0 Å². The van der Waals surface area contributed by atoms with Crippen molar-refractivity contribution in [1.29, 1.82) is 0 Å². The number of H-pyrrole nitrogens is 1. The van der Waals surface area contributed by atoms with Gasteiger partial charge < -0.3 is 16.3 Å². The summed E-state index contributed by atoms with van der Waals surface area (Å²) in [6, 6.07) is 0. The zero-order valence-corrected chi connectivity index (χ0v) is 17.4. The van der Waals surface area contributed by atoms with Crippen LogP contribution in [0.4, 0.5) is 4.39 Å². The summed E-state index contributed by atoms with van der Waals surface area (Å²) >= 11 is 0. The lowest BCUT2D eigenvalue weighted by molar-refractivity contribution is -0.134. The van der Waals surface area contributed by atoms with Crippen LogP contribution in [0.2, 0.25) is 0 Å². The molecule has 1 aliphatic carbocycles. The molecule has 1 atom stereocenters. The average molecular weight is 392 g/mol. The predicted octanol–water partition coefficient (Wildman–Crippen LogP) is 4.67. The number of carbonyl (C=O) groups is 2. The van der Waals surface area contributed by atoms with Crippen molar-refractivity contribution in [2.45, 2.75) is 91.2 Å². The summed E-state index contributed by atoms with van der Waals surface area (Å²) in [6.07, 6.45) is 7.07. The molecule has 0 saturated heterocycles. The van der Waals surface area contributed by atoms with E-state index in [1.165, 1.54) is 0 Å². The van der Waals surface area contributed by atoms with Gasteiger partial charge in [0.2, 0.25) is 5.67 Å². The normalized spacial score (nSPS) is 18.0. The number of aldehydes is 1. The Morgan fingerprint density at radius 2 is 1.89 bits per heavy atom. The SMILES string of the molecule is CC.CC.N.O=CCCCCCNC(=O)C1(F)CCCCCc2n[nH]nc21.[HH].[HH]. The maximum Gasteiger partial charge on any atom is 0.264 e. The van der Waals surface area contributed by atoms with Gasteiger partial charge in [-0.25, -0.2) is 4.39 Å². The fraction of sp³-hybridized carbons (Fsp3) is 0.789. The quantitative estimate of drug-likeness (QED) is 0.460.